The first-order chi connectivity index (χ1) is 10.2. The van der Waals surface area contributed by atoms with Gasteiger partial charge in [0.15, 0.2) is 11.5 Å². The number of hydrogen-bond acceptors (Lipinski definition) is 4. The van der Waals surface area contributed by atoms with Crippen LogP contribution in [-0.2, 0) is 0 Å². The summed E-state index contributed by atoms with van der Waals surface area (Å²) < 4.78 is 16.7. The molecular weight excluding hydrogens is 267 g/mol. The molecule has 2 aromatic rings. The Morgan fingerprint density at radius 2 is 1.71 bits per heavy atom. The van der Waals surface area contributed by atoms with Crippen molar-refractivity contribution >= 4 is 19.5 Å². The third-order valence-electron chi connectivity index (χ3n) is 3.14. The lowest BCUT2D eigenvalue weighted by Crippen LogP contribution is -2.32. The maximum atomic E-state index is 10.0. The highest BCUT2D eigenvalue weighted by Crippen LogP contribution is 2.39. The molecule has 1 aliphatic rings. The number of rotatable bonds is 4. The van der Waals surface area contributed by atoms with Crippen LogP contribution in [0.1, 0.15) is 11.1 Å². The summed E-state index contributed by atoms with van der Waals surface area (Å²) in [7, 11) is -0.952. The van der Waals surface area contributed by atoms with Gasteiger partial charge in [-0.05, 0) is 12.1 Å². The minimum Gasteiger partial charge on any atom is -0.504 e. The number of hydrogen-bond donors (Lipinski definition) is 1. The average molecular weight is 280 g/mol. The Labute approximate surface area is 123 Å². The summed E-state index contributed by atoms with van der Waals surface area (Å²) in [5.74, 6) is 1.43. The number of phenolic OH excluding ortho intramolecular Hbond substituents is 1. The molecule has 104 valence electrons. The summed E-state index contributed by atoms with van der Waals surface area (Å²) in [6, 6.07) is 10.6. The summed E-state index contributed by atoms with van der Waals surface area (Å²) in [6.07, 6.45) is 3.23. The van der Waals surface area contributed by atoms with E-state index in [1.165, 1.54) is 0 Å². The lowest BCUT2D eigenvalue weighted by atomic mass is 10.1. The molecule has 0 atom stereocenters. The van der Waals surface area contributed by atoms with Crippen molar-refractivity contribution in [3.05, 3.63) is 60.7 Å². The molecule has 0 spiro atoms. The van der Waals surface area contributed by atoms with Crippen molar-refractivity contribution in [1.82, 2.24) is 0 Å². The number of fused-ring (bicyclic) bond motifs is 1. The molecule has 0 unspecified atom stereocenters. The zero-order valence-corrected chi connectivity index (χ0v) is 11.3. The maximum Gasteiger partial charge on any atom is 0.864 e. The minimum atomic E-state index is -0.952. The molecule has 0 fully saturated rings. The molecule has 5 heteroatoms. The molecule has 1 N–H and O–H groups in total. The normalized spacial score (nSPS) is 12.1. The monoisotopic (exact) mass is 280 g/mol. The fourth-order valence-electron chi connectivity index (χ4n) is 2.09. The smallest absolute Gasteiger partial charge is 0.504 e. The molecule has 2 aromatic carbocycles. The topological polar surface area (TPSA) is 47.9 Å². The van der Waals surface area contributed by atoms with E-state index in [0.717, 1.165) is 5.56 Å². The number of para-hydroxylation sites is 2. The maximum absolute atomic E-state index is 10.0. The summed E-state index contributed by atoms with van der Waals surface area (Å²) in [4.78, 5) is 0. The van der Waals surface area contributed by atoms with Crippen LogP contribution in [0.25, 0.3) is 12.2 Å². The van der Waals surface area contributed by atoms with E-state index in [9.17, 15) is 5.11 Å². The number of aromatic hydroxyl groups is 1. The van der Waals surface area contributed by atoms with E-state index in [0.29, 0.717) is 17.1 Å². The van der Waals surface area contributed by atoms with Crippen molar-refractivity contribution in [2.75, 3.05) is 0 Å². The third kappa shape index (κ3) is 2.34. The SMILES string of the molecule is C=Cc1cccc(OB2Oc3cccc(C=C)c3O2)c1O. The predicted molar refractivity (Wildman–Crippen MR) is 82.4 cm³/mol. The average Bonchev–Trinajstić information content (AvgIpc) is 2.91. The van der Waals surface area contributed by atoms with Gasteiger partial charge in [-0.2, -0.15) is 0 Å². The molecule has 0 aromatic heterocycles. The molecule has 0 saturated carbocycles. The van der Waals surface area contributed by atoms with Gasteiger partial charge in [-0.25, -0.2) is 0 Å². The van der Waals surface area contributed by atoms with Crippen LogP contribution in [-0.4, -0.2) is 12.4 Å². The van der Waals surface area contributed by atoms with Gasteiger partial charge >= 0.3 is 7.32 Å². The second-order valence-electron chi connectivity index (χ2n) is 4.42. The van der Waals surface area contributed by atoms with E-state index in [1.54, 1.807) is 36.4 Å². The first kappa shape index (κ1) is 13.2. The Hall–Kier alpha value is -2.82. The molecule has 4 nitrogen and oxygen atoms in total. The van der Waals surface area contributed by atoms with Gasteiger partial charge in [-0.15, -0.1) is 0 Å². The van der Waals surface area contributed by atoms with Gasteiger partial charge in [-0.1, -0.05) is 49.6 Å². The molecule has 1 heterocycles. The quantitative estimate of drug-likeness (QED) is 0.870. The van der Waals surface area contributed by atoms with E-state index < -0.39 is 7.32 Å². The van der Waals surface area contributed by atoms with Crippen molar-refractivity contribution in [2.24, 2.45) is 0 Å². The molecule has 0 radical (unpaired) electrons. The van der Waals surface area contributed by atoms with Gasteiger partial charge in [0, 0.05) is 11.1 Å². The Bertz CT molecular complexity index is 711. The van der Waals surface area contributed by atoms with E-state index in [-0.39, 0.29) is 11.5 Å². The van der Waals surface area contributed by atoms with E-state index in [2.05, 4.69) is 13.2 Å². The largest absolute Gasteiger partial charge is 0.864 e. The second-order valence-corrected chi connectivity index (χ2v) is 4.42. The lowest BCUT2D eigenvalue weighted by Gasteiger charge is -2.10. The lowest BCUT2D eigenvalue weighted by molar-refractivity contribution is 0.337. The van der Waals surface area contributed by atoms with Crippen LogP contribution in [0.5, 0.6) is 23.0 Å². The van der Waals surface area contributed by atoms with Gasteiger partial charge in [0.1, 0.15) is 11.5 Å². The predicted octanol–water partition coefficient (Wildman–Crippen LogP) is 3.51. The Morgan fingerprint density at radius 3 is 2.48 bits per heavy atom. The van der Waals surface area contributed by atoms with Gasteiger partial charge in [0.05, 0.1) is 0 Å². The van der Waals surface area contributed by atoms with Crippen molar-refractivity contribution in [1.29, 1.82) is 0 Å². The van der Waals surface area contributed by atoms with Crippen molar-refractivity contribution in [3.8, 4) is 23.0 Å². The van der Waals surface area contributed by atoms with Gasteiger partial charge in [-0.3, -0.25) is 0 Å². The first-order valence-electron chi connectivity index (χ1n) is 6.42. The van der Waals surface area contributed by atoms with Gasteiger partial charge in [0.2, 0.25) is 0 Å². The highest BCUT2D eigenvalue weighted by atomic mass is 16.8. The molecular formula is C16H13BO4. The summed E-state index contributed by atoms with van der Waals surface area (Å²) >= 11 is 0. The molecule has 3 rings (SSSR count). The van der Waals surface area contributed by atoms with Crippen LogP contribution in [0.3, 0.4) is 0 Å². The highest BCUT2D eigenvalue weighted by molar-refractivity contribution is 6.41. The summed E-state index contributed by atoms with van der Waals surface area (Å²) in [5.41, 5.74) is 1.40. The van der Waals surface area contributed by atoms with Gasteiger partial charge in [0.25, 0.3) is 0 Å². The zero-order chi connectivity index (χ0) is 14.8. The first-order valence-corrected chi connectivity index (χ1v) is 6.42. The van der Waals surface area contributed by atoms with Crippen LogP contribution < -0.4 is 14.0 Å². The van der Waals surface area contributed by atoms with Crippen LogP contribution >= 0.6 is 0 Å². The highest BCUT2D eigenvalue weighted by Gasteiger charge is 2.39. The number of benzene rings is 2. The zero-order valence-electron chi connectivity index (χ0n) is 11.3. The minimum absolute atomic E-state index is 0.000370. The number of phenols is 1. The molecule has 21 heavy (non-hydrogen) atoms. The summed E-state index contributed by atoms with van der Waals surface area (Å²) in [6.45, 7) is 7.36. The van der Waals surface area contributed by atoms with Crippen LogP contribution in [0.15, 0.2) is 49.6 Å². The van der Waals surface area contributed by atoms with Crippen LogP contribution in [0, 0.1) is 0 Å². The molecule has 0 bridgehead atoms. The Morgan fingerprint density at radius 1 is 1.00 bits per heavy atom. The van der Waals surface area contributed by atoms with Crippen molar-refractivity contribution in [3.63, 3.8) is 0 Å². The Balaban J connectivity index is 1.83. The van der Waals surface area contributed by atoms with Crippen LogP contribution in [0.4, 0.5) is 0 Å². The van der Waals surface area contributed by atoms with E-state index in [1.807, 2.05) is 12.1 Å². The second kappa shape index (κ2) is 5.29. The summed E-state index contributed by atoms with van der Waals surface area (Å²) in [5, 5.41) is 10.0. The van der Waals surface area contributed by atoms with Crippen LogP contribution in [0.2, 0.25) is 0 Å². The van der Waals surface area contributed by atoms with Gasteiger partial charge < -0.3 is 19.1 Å². The Kier molecular flexibility index (Phi) is 3.32. The standard InChI is InChI=1S/C16H13BO4/c1-3-11-7-5-9-13(15(11)18)19-17-20-14-10-6-8-12(4-2)16(14)21-17/h3-10,18H,1-2H2. The van der Waals surface area contributed by atoms with E-state index in [4.69, 9.17) is 14.0 Å². The van der Waals surface area contributed by atoms with E-state index >= 15 is 0 Å². The fraction of sp³-hybridized carbons (Fsp3) is 0. The molecule has 0 saturated heterocycles. The molecule has 0 aliphatic carbocycles. The third-order valence-corrected chi connectivity index (χ3v) is 3.14. The molecule has 1 aliphatic heterocycles. The van der Waals surface area contributed by atoms with Crippen molar-refractivity contribution in [2.45, 2.75) is 0 Å². The fourth-order valence-corrected chi connectivity index (χ4v) is 2.09. The molecule has 0 amide bonds. The van der Waals surface area contributed by atoms with Crippen molar-refractivity contribution < 1.29 is 19.1 Å².